The van der Waals surface area contributed by atoms with Gasteiger partial charge in [-0.15, -0.1) is 0 Å². The van der Waals surface area contributed by atoms with Gasteiger partial charge in [0.15, 0.2) is 0 Å². The maximum atomic E-state index is 3.54. The van der Waals surface area contributed by atoms with Gasteiger partial charge in [0.25, 0.3) is 0 Å². The van der Waals surface area contributed by atoms with Gasteiger partial charge < -0.3 is 5.32 Å². The average molecular weight is 305 g/mol. The zero-order chi connectivity index (χ0) is 9.26. The van der Waals surface area contributed by atoms with Gasteiger partial charge in [-0.05, 0) is 36.6 Å². The zero-order valence-electron chi connectivity index (χ0n) is 7.19. The summed E-state index contributed by atoms with van der Waals surface area (Å²) >= 11 is 7.01. The highest BCUT2D eigenvalue weighted by Gasteiger charge is 2.20. The van der Waals surface area contributed by atoms with Crippen LogP contribution in [0.3, 0.4) is 0 Å². The fraction of sp³-hybridized carbons (Fsp3) is 0.400. The van der Waals surface area contributed by atoms with E-state index in [-0.39, 0.29) is 0 Å². The molecule has 1 N–H and O–H groups in total. The Kier molecular flexibility index (Phi) is 3.06. The Morgan fingerprint density at radius 3 is 2.77 bits per heavy atom. The average Bonchev–Trinajstić information content (AvgIpc) is 2.90. The van der Waals surface area contributed by atoms with Crippen molar-refractivity contribution >= 4 is 31.9 Å². The van der Waals surface area contributed by atoms with Crippen LogP contribution in [-0.4, -0.2) is 6.04 Å². The molecule has 1 fully saturated rings. The van der Waals surface area contributed by atoms with Gasteiger partial charge in [0, 0.05) is 21.5 Å². The second-order valence-corrected chi connectivity index (χ2v) is 5.16. The molecule has 1 aliphatic carbocycles. The number of hydrogen-bond acceptors (Lipinski definition) is 1. The second-order valence-electron chi connectivity index (χ2n) is 3.39. The van der Waals surface area contributed by atoms with E-state index in [2.05, 4.69) is 49.3 Å². The summed E-state index contributed by atoms with van der Waals surface area (Å²) in [5, 5.41) is 3.49. The molecular weight excluding hydrogens is 294 g/mol. The van der Waals surface area contributed by atoms with Gasteiger partial charge in [-0.3, -0.25) is 0 Å². The topological polar surface area (TPSA) is 12.0 Å². The van der Waals surface area contributed by atoms with Crippen LogP contribution in [0.5, 0.6) is 0 Å². The Labute approximate surface area is 95.2 Å². The first-order valence-corrected chi connectivity index (χ1v) is 6.01. The Morgan fingerprint density at radius 2 is 2.08 bits per heavy atom. The highest BCUT2D eigenvalue weighted by atomic mass is 79.9. The van der Waals surface area contributed by atoms with E-state index in [4.69, 9.17) is 0 Å². The lowest BCUT2D eigenvalue weighted by Crippen LogP contribution is -2.15. The first-order valence-electron chi connectivity index (χ1n) is 4.43. The number of nitrogens with one attached hydrogen (secondary N) is 1. The van der Waals surface area contributed by atoms with E-state index in [1.807, 2.05) is 6.07 Å². The third-order valence-electron chi connectivity index (χ3n) is 2.17. The van der Waals surface area contributed by atoms with Gasteiger partial charge in [0.05, 0.1) is 0 Å². The molecule has 0 bridgehead atoms. The fourth-order valence-electron chi connectivity index (χ4n) is 1.22. The van der Waals surface area contributed by atoms with Crippen molar-refractivity contribution in [3.05, 3.63) is 32.7 Å². The smallest absolute Gasteiger partial charge is 0.0221 e. The second kappa shape index (κ2) is 4.11. The SMILES string of the molecule is Brc1ccc(Br)c(CNC2CC2)c1. The van der Waals surface area contributed by atoms with Crippen LogP contribution >= 0.6 is 31.9 Å². The van der Waals surface area contributed by atoms with Crippen LogP contribution in [0.15, 0.2) is 27.1 Å². The summed E-state index contributed by atoms with van der Waals surface area (Å²) in [6.45, 7) is 0.963. The van der Waals surface area contributed by atoms with Crippen molar-refractivity contribution < 1.29 is 0 Å². The van der Waals surface area contributed by atoms with Gasteiger partial charge in [0.2, 0.25) is 0 Å². The molecule has 1 nitrogen and oxygen atoms in total. The Hall–Kier alpha value is 0.140. The van der Waals surface area contributed by atoms with Gasteiger partial charge >= 0.3 is 0 Å². The first kappa shape index (κ1) is 9.69. The van der Waals surface area contributed by atoms with E-state index >= 15 is 0 Å². The summed E-state index contributed by atoms with van der Waals surface area (Å²) in [5.41, 5.74) is 1.32. The van der Waals surface area contributed by atoms with Crippen molar-refractivity contribution in [3.63, 3.8) is 0 Å². The number of hydrogen-bond donors (Lipinski definition) is 1. The number of halogens is 2. The molecule has 2 rings (SSSR count). The Morgan fingerprint density at radius 1 is 1.31 bits per heavy atom. The quantitative estimate of drug-likeness (QED) is 0.902. The van der Waals surface area contributed by atoms with Crippen LogP contribution in [0.1, 0.15) is 18.4 Å². The standard InChI is InChI=1S/C10H11Br2N/c11-8-1-4-10(12)7(5-8)6-13-9-2-3-9/h1,4-5,9,13H,2-3,6H2. The predicted molar refractivity (Wildman–Crippen MR) is 61.7 cm³/mol. The van der Waals surface area contributed by atoms with Crippen molar-refractivity contribution in [1.29, 1.82) is 0 Å². The lowest BCUT2D eigenvalue weighted by molar-refractivity contribution is 0.686. The summed E-state index contributed by atoms with van der Waals surface area (Å²) < 4.78 is 2.33. The largest absolute Gasteiger partial charge is 0.310 e. The van der Waals surface area contributed by atoms with Crippen LogP contribution in [0.4, 0.5) is 0 Å². The van der Waals surface area contributed by atoms with Gasteiger partial charge in [-0.2, -0.15) is 0 Å². The molecule has 0 radical (unpaired) electrons. The molecule has 1 aromatic rings. The minimum atomic E-state index is 0.769. The molecule has 1 aromatic carbocycles. The molecule has 0 aliphatic heterocycles. The first-order chi connectivity index (χ1) is 6.25. The molecule has 70 valence electrons. The molecule has 3 heteroatoms. The number of rotatable bonds is 3. The molecule has 0 spiro atoms. The Balaban J connectivity index is 2.03. The van der Waals surface area contributed by atoms with Crippen molar-refractivity contribution in [1.82, 2.24) is 5.32 Å². The lowest BCUT2D eigenvalue weighted by atomic mass is 10.2. The third-order valence-corrected chi connectivity index (χ3v) is 3.43. The predicted octanol–water partition coefficient (Wildman–Crippen LogP) is 3.46. The fourth-order valence-corrected chi connectivity index (χ4v) is 2.02. The molecule has 13 heavy (non-hydrogen) atoms. The highest BCUT2D eigenvalue weighted by Crippen LogP contribution is 2.24. The normalized spacial score (nSPS) is 16.2. The minimum Gasteiger partial charge on any atom is -0.310 e. The molecule has 1 aliphatic rings. The minimum absolute atomic E-state index is 0.769. The molecule has 0 aromatic heterocycles. The third kappa shape index (κ3) is 2.79. The molecule has 0 unspecified atom stereocenters. The molecule has 0 heterocycles. The van der Waals surface area contributed by atoms with Gasteiger partial charge in [-0.1, -0.05) is 31.9 Å². The summed E-state index contributed by atoms with van der Waals surface area (Å²) in [5.74, 6) is 0. The van der Waals surface area contributed by atoms with Crippen molar-refractivity contribution in [2.45, 2.75) is 25.4 Å². The monoisotopic (exact) mass is 303 g/mol. The summed E-state index contributed by atoms with van der Waals surface area (Å²) in [4.78, 5) is 0. The van der Waals surface area contributed by atoms with E-state index in [0.29, 0.717) is 0 Å². The Bertz CT molecular complexity index is 308. The summed E-state index contributed by atoms with van der Waals surface area (Å²) in [6, 6.07) is 7.05. The van der Waals surface area contributed by atoms with E-state index in [1.54, 1.807) is 0 Å². The van der Waals surface area contributed by atoms with Crippen LogP contribution < -0.4 is 5.32 Å². The van der Waals surface area contributed by atoms with Crippen LogP contribution in [0.2, 0.25) is 0 Å². The van der Waals surface area contributed by atoms with E-state index in [1.165, 1.54) is 22.9 Å². The highest BCUT2D eigenvalue weighted by molar-refractivity contribution is 9.11. The van der Waals surface area contributed by atoms with Crippen molar-refractivity contribution in [2.24, 2.45) is 0 Å². The van der Waals surface area contributed by atoms with Gasteiger partial charge in [-0.25, -0.2) is 0 Å². The maximum Gasteiger partial charge on any atom is 0.0221 e. The van der Waals surface area contributed by atoms with E-state index in [0.717, 1.165) is 17.1 Å². The molecule has 0 atom stereocenters. The van der Waals surface area contributed by atoms with Crippen LogP contribution in [0, 0.1) is 0 Å². The molecular formula is C10H11Br2N. The summed E-state index contributed by atoms with van der Waals surface area (Å²) in [7, 11) is 0. The van der Waals surface area contributed by atoms with Crippen LogP contribution in [0.25, 0.3) is 0 Å². The van der Waals surface area contributed by atoms with Gasteiger partial charge in [0.1, 0.15) is 0 Å². The molecule has 0 saturated heterocycles. The zero-order valence-corrected chi connectivity index (χ0v) is 10.4. The van der Waals surface area contributed by atoms with Crippen molar-refractivity contribution in [2.75, 3.05) is 0 Å². The van der Waals surface area contributed by atoms with E-state index < -0.39 is 0 Å². The number of benzene rings is 1. The van der Waals surface area contributed by atoms with Crippen LogP contribution in [-0.2, 0) is 6.54 Å². The van der Waals surface area contributed by atoms with E-state index in [9.17, 15) is 0 Å². The molecule has 1 saturated carbocycles. The summed E-state index contributed by atoms with van der Waals surface area (Å²) in [6.07, 6.45) is 2.68. The molecule has 0 amide bonds. The maximum absolute atomic E-state index is 3.54. The van der Waals surface area contributed by atoms with Crippen molar-refractivity contribution in [3.8, 4) is 0 Å². The lowest BCUT2D eigenvalue weighted by Gasteiger charge is -2.05.